The smallest absolute Gasteiger partial charge is 0.272 e. The number of carbonyl (C=O) groups excluding carboxylic acids is 1. The van der Waals surface area contributed by atoms with E-state index < -0.39 is 0 Å². The first kappa shape index (κ1) is 18.2. The number of ether oxygens (including phenoxy) is 1. The van der Waals surface area contributed by atoms with Gasteiger partial charge in [0, 0.05) is 11.3 Å². The number of morpholine rings is 1. The molecule has 1 amide bonds. The fourth-order valence-corrected chi connectivity index (χ4v) is 4.09. The van der Waals surface area contributed by atoms with Crippen LogP contribution in [-0.4, -0.2) is 55.1 Å². The van der Waals surface area contributed by atoms with Crippen molar-refractivity contribution in [2.75, 3.05) is 39.4 Å². The third-order valence-corrected chi connectivity index (χ3v) is 5.61. The van der Waals surface area contributed by atoms with Gasteiger partial charge in [-0.05, 0) is 31.2 Å². The van der Waals surface area contributed by atoms with E-state index in [-0.39, 0.29) is 5.91 Å². The molecule has 1 aliphatic carbocycles. The number of benzene rings is 1. The summed E-state index contributed by atoms with van der Waals surface area (Å²) in [5, 5.41) is 7.83. The van der Waals surface area contributed by atoms with Gasteiger partial charge < -0.3 is 15.0 Å². The summed E-state index contributed by atoms with van der Waals surface area (Å²) in [5.74, 6) is -0.0207. The minimum Gasteiger partial charge on any atom is -0.370 e. The summed E-state index contributed by atoms with van der Waals surface area (Å²) in [6, 6.07) is 10.3. The number of nitrogens with one attached hydrogen (secondary N) is 2. The number of amides is 1. The molecule has 0 bridgehead atoms. The Labute approximate surface area is 160 Å². The summed E-state index contributed by atoms with van der Waals surface area (Å²) in [7, 11) is 0. The standard InChI is InChI=1S/C21H28N4O2/c26-21(22-10-11-24-12-14-27-15-13-24)20-18-8-4-5-9-19(18)25(23-20)16-17-6-2-1-3-7-17/h1-3,6-7H,4-5,8-16H2,(H,22,26)/p+1. The van der Waals surface area contributed by atoms with Gasteiger partial charge in [0.2, 0.25) is 0 Å². The van der Waals surface area contributed by atoms with Crippen molar-refractivity contribution in [1.29, 1.82) is 0 Å². The molecule has 1 fully saturated rings. The summed E-state index contributed by atoms with van der Waals surface area (Å²) >= 11 is 0. The zero-order chi connectivity index (χ0) is 18.5. The fraction of sp³-hybridized carbons (Fsp3) is 0.524. The summed E-state index contributed by atoms with van der Waals surface area (Å²) in [5.41, 5.74) is 4.26. The molecule has 1 saturated heterocycles. The predicted octanol–water partition coefficient (Wildman–Crippen LogP) is 0.455. The molecule has 2 aromatic rings. The first-order valence-electron chi connectivity index (χ1n) is 10.1. The number of carbonyl (C=O) groups is 1. The molecule has 0 radical (unpaired) electrons. The molecule has 144 valence electrons. The van der Waals surface area contributed by atoms with Gasteiger partial charge in [-0.25, -0.2) is 0 Å². The van der Waals surface area contributed by atoms with Crippen LogP contribution in [-0.2, 0) is 24.1 Å². The van der Waals surface area contributed by atoms with Crippen LogP contribution < -0.4 is 10.2 Å². The monoisotopic (exact) mass is 369 g/mol. The van der Waals surface area contributed by atoms with Crippen molar-refractivity contribution in [2.24, 2.45) is 0 Å². The maximum absolute atomic E-state index is 12.8. The SMILES string of the molecule is O=C(NCC[NH+]1CCOCC1)c1nn(Cc2ccccc2)c2c1CCCC2. The molecule has 0 atom stereocenters. The van der Waals surface area contributed by atoms with Crippen molar-refractivity contribution < 1.29 is 14.4 Å². The third kappa shape index (κ3) is 4.39. The lowest BCUT2D eigenvalue weighted by molar-refractivity contribution is -0.906. The van der Waals surface area contributed by atoms with Gasteiger partial charge in [0.1, 0.15) is 13.1 Å². The largest absolute Gasteiger partial charge is 0.370 e. The number of nitrogens with zero attached hydrogens (tertiary/aromatic N) is 2. The fourth-order valence-electron chi connectivity index (χ4n) is 4.09. The molecular weight excluding hydrogens is 340 g/mol. The highest BCUT2D eigenvalue weighted by atomic mass is 16.5. The van der Waals surface area contributed by atoms with Gasteiger partial charge in [0.25, 0.3) is 5.91 Å². The van der Waals surface area contributed by atoms with Gasteiger partial charge >= 0.3 is 0 Å². The van der Waals surface area contributed by atoms with Crippen LogP contribution >= 0.6 is 0 Å². The Balaban J connectivity index is 1.44. The Morgan fingerprint density at radius 2 is 1.93 bits per heavy atom. The van der Waals surface area contributed by atoms with E-state index in [4.69, 9.17) is 9.84 Å². The first-order chi connectivity index (χ1) is 13.3. The van der Waals surface area contributed by atoms with Crippen LogP contribution in [0.1, 0.15) is 40.2 Å². The molecular formula is C21H29N4O2+. The van der Waals surface area contributed by atoms with Crippen molar-refractivity contribution >= 4 is 5.91 Å². The van der Waals surface area contributed by atoms with Crippen LogP contribution in [0.5, 0.6) is 0 Å². The van der Waals surface area contributed by atoms with E-state index in [0.29, 0.717) is 12.2 Å². The average molecular weight is 369 g/mol. The second kappa shape index (κ2) is 8.67. The molecule has 2 aliphatic rings. The number of hydrogen-bond acceptors (Lipinski definition) is 3. The van der Waals surface area contributed by atoms with E-state index in [1.54, 1.807) is 0 Å². The van der Waals surface area contributed by atoms with Crippen LogP contribution in [0.15, 0.2) is 30.3 Å². The Morgan fingerprint density at radius 3 is 2.74 bits per heavy atom. The predicted molar refractivity (Wildman–Crippen MR) is 103 cm³/mol. The summed E-state index contributed by atoms with van der Waals surface area (Å²) in [6.07, 6.45) is 4.29. The van der Waals surface area contributed by atoms with Crippen molar-refractivity contribution in [3.63, 3.8) is 0 Å². The Kier molecular flexibility index (Phi) is 5.84. The van der Waals surface area contributed by atoms with E-state index >= 15 is 0 Å². The van der Waals surface area contributed by atoms with E-state index in [1.807, 2.05) is 22.9 Å². The normalized spacial score (nSPS) is 17.5. The molecule has 1 aliphatic heterocycles. The minimum absolute atomic E-state index is 0.0207. The second-order valence-electron chi connectivity index (χ2n) is 7.49. The zero-order valence-corrected chi connectivity index (χ0v) is 15.9. The van der Waals surface area contributed by atoms with Gasteiger partial charge in [-0.3, -0.25) is 9.48 Å². The molecule has 0 unspecified atom stereocenters. The Bertz CT molecular complexity index is 766. The average Bonchev–Trinajstić information content (AvgIpc) is 3.08. The van der Waals surface area contributed by atoms with Crippen molar-refractivity contribution in [2.45, 2.75) is 32.2 Å². The minimum atomic E-state index is -0.0207. The molecule has 2 N–H and O–H groups in total. The Hall–Kier alpha value is -2.18. The van der Waals surface area contributed by atoms with Gasteiger partial charge in [-0.15, -0.1) is 0 Å². The van der Waals surface area contributed by atoms with Crippen LogP contribution in [0, 0.1) is 0 Å². The van der Waals surface area contributed by atoms with Gasteiger partial charge in [0.05, 0.1) is 32.8 Å². The maximum Gasteiger partial charge on any atom is 0.272 e. The topological polar surface area (TPSA) is 60.6 Å². The van der Waals surface area contributed by atoms with E-state index in [9.17, 15) is 4.79 Å². The first-order valence-corrected chi connectivity index (χ1v) is 10.1. The van der Waals surface area contributed by atoms with E-state index in [1.165, 1.54) is 22.6 Å². The lowest BCUT2D eigenvalue weighted by atomic mass is 9.95. The summed E-state index contributed by atoms with van der Waals surface area (Å²) in [6.45, 7) is 6.06. The summed E-state index contributed by atoms with van der Waals surface area (Å²) < 4.78 is 7.44. The highest BCUT2D eigenvalue weighted by molar-refractivity contribution is 5.94. The van der Waals surface area contributed by atoms with Crippen LogP contribution in [0.4, 0.5) is 0 Å². The van der Waals surface area contributed by atoms with Gasteiger partial charge in [-0.2, -0.15) is 5.10 Å². The quantitative estimate of drug-likeness (QED) is 0.778. The number of rotatable bonds is 6. The second-order valence-corrected chi connectivity index (χ2v) is 7.49. The van der Waals surface area contributed by atoms with Crippen LogP contribution in [0.25, 0.3) is 0 Å². The number of quaternary nitrogens is 1. The van der Waals surface area contributed by atoms with Gasteiger partial charge in [0.15, 0.2) is 5.69 Å². The third-order valence-electron chi connectivity index (χ3n) is 5.61. The van der Waals surface area contributed by atoms with E-state index in [0.717, 1.165) is 64.2 Å². The Morgan fingerprint density at radius 1 is 1.15 bits per heavy atom. The molecule has 1 aromatic heterocycles. The van der Waals surface area contributed by atoms with Crippen molar-refractivity contribution in [3.8, 4) is 0 Å². The highest BCUT2D eigenvalue weighted by Gasteiger charge is 2.25. The van der Waals surface area contributed by atoms with Crippen molar-refractivity contribution in [3.05, 3.63) is 52.8 Å². The molecule has 1 aromatic carbocycles. The van der Waals surface area contributed by atoms with Crippen LogP contribution in [0.3, 0.4) is 0 Å². The number of hydrogen-bond donors (Lipinski definition) is 2. The molecule has 0 spiro atoms. The van der Waals surface area contributed by atoms with Crippen LogP contribution in [0.2, 0.25) is 0 Å². The van der Waals surface area contributed by atoms with Crippen molar-refractivity contribution in [1.82, 2.24) is 15.1 Å². The van der Waals surface area contributed by atoms with E-state index in [2.05, 4.69) is 17.4 Å². The highest BCUT2D eigenvalue weighted by Crippen LogP contribution is 2.25. The molecule has 6 heteroatoms. The maximum atomic E-state index is 12.8. The molecule has 27 heavy (non-hydrogen) atoms. The molecule has 0 saturated carbocycles. The lowest BCUT2D eigenvalue weighted by Gasteiger charge is -2.23. The molecule has 2 heterocycles. The lowest BCUT2D eigenvalue weighted by Crippen LogP contribution is -3.14. The summed E-state index contributed by atoms with van der Waals surface area (Å²) in [4.78, 5) is 14.3. The number of fused-ring (bicyclic) bond motifs is 1. The van der Waals surface area contributed by atoms with Gasteiger partial charge in [-0.1, -0.05) is 30.3 Å². The molecule has 4 rings (SSSR count). The molecule has 6 nitrogen and oxygen atoms in total. The number of aromatic nitrogens is 2. The zero-order valence-electron chi connectivity index (χ0n) is 15.9.